The first-order valence-corrected chi connectivity index (χ1v) is 4.72. The van der Waals surface area contributed by atoms with Crippen LogP contribution in [0.4, 0.5) is 0 Å². The van der Waals surface area contributed by atoms with Crippen LogP contribution in [0.3, 0.4) is 0 Å². The Morgan fingerprint density at radius 3 is 2.79 bits per heavy atom. The predicted octanol–water partition coefficient (Wildman–Crippen LogP) is 1.46. The van der Waals surface area contributed by atoms with Gasteiger partial charge in [0.2, 0.25) is 5.91 Å². The Hall–Kier alpha value is -1.32. The Bertz CT molecular complexity index is 285. The molecule has 1 aromatic heterocycles. The van der Waals surface area contributed by atoms with Gasteiger partial charge in [0.1, 0.15) is 0 Å². The molecule has 0 aliphatic heterocycles. The maximum atomic E-state index is 11.4. The van der Waals surface area contributed by atoms with Crippen molar-refractivity contribution in [2.24, 2.45) is 5.41 Å². The summed E-state index contributed by atoms with van der Waals surface area (Å²) < 4.78 is 0. The molecule has 1 amide bonds. The van der Waals surface area contributed by atoms with Crippen LogP contribution in [-0.2, 0) is 11.3 Å². The van der Waals surface area contributed by atoms with E-state index in [1.165, 1.54) is 0 Å². The lowest BCUT2D eigenvalue weighted by Crippen LogP contribution is -2.26. The number of rotatable bonds is 3. The van der Waals surface area contributed by atoms with E-state index in [0.717, 1.165) is 5.56 Å². The summed E-state index contributed by atoms with van der Waals surface area (Å²) in [6, 6.07) is 0. The van der Waals surface area contributed by atoms with E-state index in [0.29, 0.717) is 13.0 Å². The molecule has 0 atom stereocenters. The van der Waals surface area contributed by atoms with Gasteiger partial charge in [0.05, 0.1) is 6.20 Å². The van der Waals surface area contributed by atoms with Crippen molar-refractivity contribution in [3.8, 4) is 0 Å². The quantitative estimate of drug-likeness (QED) is 0.767. The van der Waals surface area contributed by atoms with Gasteiger partial charge in [-0.3, -0.25) is 9.89 Å². The zero-order valence-corrected chi connectivity index (χ0v) is 8.92. The van der Waals surface area contributed by atoms with Gasteiger partial charge in [-0.05, 0) is 5.41 Å². The Balaban J connectivity index is 2.29. The number of aromatic nitrogens is 2. The molecule has 0 aromatic carbocycles. The van der Waals surface area contributed by atoms with E-state index in [1.807, 2.05) is 20.8 Å². The van der Waals surface area contributed by atoms with Crippen LogP contribution in [0.2, 0.25) is 0 Å². The Morgan fingerprint density at radius 1 is 1.57 bits per heavy atom. The zero-order valence-electron chi connectivity index (χ0n) is 8.92. The predicted molar refractivity (Wildman–Crippen MR) is 54.5 cm³/mol. The van der Waals surface area contributed by atoms with Crippen LogP contribution in [0.1, 0.15) is 32.8 Å². The molecule has 4 nitrogen and oxygen atoms in total. The van der Waals surface area contributed by atoms with Crippen molar-refractivity contribution in [2.75, 3.05) is 0 Å². The van der Waals surface area contributed by atoms with Crippen molar-refractivity contribution in [3.63, 3.8) is 0 Å². The van der Waals surface area contributed by atoms with Gasteiger partial charge in [-0.1, -0.05) is 20.8 Å². The highest BCUT2D eigenvalue weighted by atomic mass is 16.1. The van der Waals surface area contributed by atoms with Gasteiger partial charge in [-0.25, -0.2) is 0 Å². The van der Waals surface area contributed by atoms with E-state index in [1.54, 1.807) is 12.4 Å². The average molecular weight is 195 g/mol. The molecular weight excluding hydrogens is 178 g/mol. The monoisotopic (exact) mass is 195 g/mol. The van der Waals surface area contributed by atoms with Crippen molar-refractivity contribution in [1.82, 2.24) is 15.5 Å². The van der Waals surface area contributed by atoms with Crippen molar-refractivity contribution in [2.45, 2.75) is 33.7 Å². The summed E-state index contributed by atoms with van der Waals surface area (Å²) in [5.41, 5.74) is 1.03. The van der Waals surface area contributed by atoms with Gasteiger partial charge in [0.25, 0.3) is 0 Å². The highest BCUT2D eigenvalue weighted by Crippen LogP contribution is 2.17. The third-order valence-electron chi connectivity index (χ3n) is 1.74. The molecule has 0 spiro atoms. The fraction of sp³-hybridized carbons (Fsp3) is 0.600. The lowest BCUT2D eigenvalue weighted by molar-refractivity contribution is -0.122. The summed E-state index contributed by atoms with van der Waals surface area (Å²) in [4.78, 5) is 11.4. The van der Waals surface area contributed by atoms with Gasteiger partial charge < -0.3 is 5.32 Å². The fourth-order valence-electron chi connectivity index (χ4n) is 1.12. The minimum Gasteiger partial charge on any atom is -0.352 e. The molecular formula is C10H17N3O. The summed E-state index contributed by atoms with van der Waals surface area (Å²) in [7, 11) is 0. The lowest BCUT2D eigenvalue weighted by atomic mass is 9.92. The van der Waals surface area contributed by atoms with Crippen LogP contribution in [0.5, 0.6) is 0 Å². The SMILES string of the molecule is CC(C)(C)CC(=O)NCc1cn[nH]c1. The number of carbonyl (C=O) groups is 1. The molecule has 0 bridgehead atoms. The van der Waals surface area contributed by atoms with E-state index in [-0.39, 0.29) is 11.3 Å². The Morgan fingerprint density at radius 2 is 2.29 bits per heavy atom. The molecule has 0 saturated heterocycles. The second-order valence-corrected chi connectivity index (χ2v) is 4.62. The van der Waals surface area contributed by atoms with Crippen molar-refractivity contribution in [3.05, 3.63) is 18.0 Å². The largest absolute Gasteiger partial charge is 0.352 e. The molecule has 0 radical (unpaired) electrons. The smallest absolute Gasteiger partial charge is 0.220 e. The average Bonchev–Trinajstić information content (AvgIpc) is 2.49. The topological polar surface area (TPSA) is 57.8 Å². The van der Waals surface area contributed by atoms with E-state index >= 15 is 0 Å². The van der Waals surface area contributed by atoms with E-state index in [4.69, 9.17) is 0 Å². The van der Waals surface area contributed by atoms with Crippen LogP contribution >= 0.6 is 0 Å². The van der Waals surface area contributed by atoms with Crippen molar-refractivity contribution >= 4 is 5.91 Å². The highest BCUT2D eigenvalue weighted by molar-refractivity contribution is 5.76. The standard InChI is InChI=1S/C10H17N3O/c1-10(2,3)4-9(14)11-5-8-6-12-13-7-8/h6-7H,4-5H2,1-3H3,(H,11,14)(H,12,13). The Kier molecular flexibility index (Phi) is 3.28. The zero-order chi connectivity index (χ0) is 10.6. The van der Waals surface area contributed by atoms with Crippen LogP contribution in [0, 0.1) is 5.41 Å². The number of nitrogens with zero attached hydrogens (tertiary/aromatic N) is 1. The molecule has 78 valence electrons. The number of amides is 1. The molecule has 0 fully saturated rings. The van der Waals surface area contributed by atoms with Crippen LogP contribution in [-0.4, -0.2) is 16.1 Å². The van der Waals surface area contributed by atoms with Gasteiger partial charge in [0.15, 0.2) is 0 Å². The second-order valence-electron chi connectivity index (χ2n) is 4.62. The van der Waals surface area contributed by atoms with Crippen molar-refractivity contribution in [1.29, 1.82) is 0 Å². The van der Waals surface area contributed by atoms with Crippen LogP contribution < -0.4 is 5.32 Å². The number of hydrogen-bond donors (Lipinski definition) is 2. The summed E-state index contributed by atoms with van der Waals surface area (Å²) in [5.74, 6) is 0.0821. The van der Waals surface area contributed by atoms with E-state index < -0.39 is 0 Å². The molecule has 4 heteroatoms. The first kappa shape index (κ1) is 10.8. The summed E-state index contributed by atoms with van der Waals surface area (Å²) in [6.07, 6.45) is 4.03. The molecule has 0 aliphatic rings. The first-order chi connectivity index (χ1) is 6.47. The number of carbonyl (C=O) groups excluding carboxylic acids is 1. The molecule has 14 heavy (non-hydrogen) atoms. The molecule has 1 heterocycles. The number of aromatic amines is 1. The number of hydrogen-bond acceptors (Lipinski definition) is 2. The molecule has 1 rings (SSSR count). The van der Waals surface area contributed by atoms with Crippen molar-refractivity contribution < 1.29 is 4.79 Å². The molecule has 0 unspecified atom stereocenters. The van der Waals surface area contributed by atoms with Crippen LogP contribution in [0.15, 0.2) is 12.4 Å². The van der Waals surface area contributed by atoms with Gasteiger partial charge in [-0.15, -0.1) is 0 Å². The normalized spacial score (nSPS) is 11.4. The van der Waals surface area contributed by atoms with E-state index in [2.05, 4.69) is 15.5 Å². The second kappa shape index (κ2) is 4.26. The molecule has 0 aliphatic carbocycles. The molecule has 2 N–H and O–H groups in total. The molecule has 1 aromatic rings. The maximum absolute atomic E-state index is 11.4. The highest BCUT2D eigenvalue weighted by Gasteiger charge is 2.15. The lowest BCUT2D eigenvalue weighted by Gasteiger charge is -2.16. The fourth-order valence-corrected chi connectivity index (χ4v) is 1.12. The summed E-state index contributed by atoms with van der Waals surface area (Å²) in [5, 5.41) is 9.34. The Labute approximate surface area is 84.1 Å². The molecule has 0 saturated carbocycles. The summed E-state index contributed by atoms with van der Waals surface area (Å²) >= 11 is 0. The summed E-state index contributed by atoms with van der Waals surface area (Å²) in [6.45, 7) is 6.69. The van der Waals surface area contributed by atoms with Crippen LogP contribution in [0.25, 0.3) is 0 Å². The van der Waals surface area contributed by atoms with Gasteiger partial charge in [-0.2, -0.15) is 5.10 Å². The maximum Gasteiger partial charge on any atom is 0.220 e. The third kappa shape index (κ3) is 4.07. The first-order valence-electron chi connectivity index (χ1n) is 4.72. The number of H-pyrrole nitrogens is 1. The third-order valence-corrected chi connectivity index (χ3v) is 1.74. The van der Waals surface area contributed by atoms with E-state index in [9.17, 15) is 4.79 Å². The minimum atomic E-state index is 0.0421. The van der Waals surface area contributed by atoms with Gasteiger partial charge in [0, 0.05) is 24.7 Å². The minimum absolute atomic E-state index is 0.0421. The number of nitrogens with one attached hydrogen (secondary N) is 2. The van der Waals surface area contributed by atoms with Gasteiger partial charge >= 0.3 is 0 Å².